The van der Waals surface area contributed by atoms with E-state index in [1.807, 2.05) is 0 Å². The van der Waals surface area contributed by atoms with E-state index in [1.165, 1.54) is 31.3 Å². The van der Waals surface area contributed by atoms with Gasteiger partial charge in [-0.15, -0.1) is 0 Å². The number of nitrogens with zero attached hydrogens (tertiary/aromatic N) is 1. The highest BCUT2D eigenvalue weighted by Crippen LogP contribution is 2.15. The van der Waals surface area contributed by atoms with E-state index in [2.05, 4.69) is 4.72 Å². The minimum atomic E-state index is -3.86. The van der Waals surface area contributed by atoms with Crippen LogP contribution in [0.1, 0.15) is 0 Å². The molecule has 0 aliphatic heterocycles. The van der Waals surface area contributed by atoms with Crippen molar-refractivity contribution in [3.8, 4) is 0 Å². The standard InChI is InChI=1S/C9H11ClN2O4S/c1-12(6-9(13)14)17(15,16)11-8-4-2-7(10)3-5-8/h2-5,11H,6H2,1H3,(H,13,14). The number of benzene rings is 1. The fourth-order valence-corrected chi connectivity index (χ4v) is 2.02. The number of halogens is 1. The van der Waals surface area contributed by atoms with Crippen LogP contribution < -0.4 is 4.72 Å². The number of carboxylic acids is 1. The lowest BCUT2D eigenvalue weighted by molar-refractivity contribution is -0.137. The largest absolute Gasteiger partial charge is 0.480 e. The van der Waals surface area contributed by atoms with Gasteiger partial charge in [0.15, 0.2) is 0 Å². The molecule has 94 valence electrons. The number of likely N-dealkylation sites (N-methyl/N-ethyl adjacent to an activating group) is 1. The van der Waals surface area contributed by atoms with Gasteiger partial charge >= 0.3 is 16.2 Å². The summed E-state index contributed by atoms with van der Waals surface area (Å²) in [4.78, 5) is 10.4. The van der Waals surface area contributed by atoms with Gasteiger partial charge in [-0.2, -0.15) is 12.7 Å². The van der Waals surface area contributed by atoms with Gasteiger partial charge in [0.05, 0.1) is 0 Å². The Kier molecular flexibility index (Phi) is 4.33. The molecule has 1 rings (SSSR count). The summed E-state index contributed by atoms with van der Waals surface area (Å²) >= 11 is 5.65. The summed E-state index contributed by atoms with van der Waals surface area (Å²) in [5.74, 6) is -1.23. The monoisotopic (exact) mass is 278 g/mol. The van der Waals surface area contributed by atoms with Crippen molar-refractivity contribution in [2.75, 3.05) is 18.3 Å². The van der Waals surface area contributed by atoms with Crippen LogP contribution in [-0.4, -0.2) is 37.4 Å². The third-order valence-electron chi connectivity index (χ3n) is 1.86. The number of hydrogen-bond acceptors (Lipinski definition) is 3. The smallest absolute Gasteiger partial charge is 0.318 e. The maximum atomic E-state index is 11.6. The molecule has 0 aliphatic rings. The molecule has 6 nitrogen and oxygen atoms in total. The number of anilines is 1. The Morgan fingerprint density at radius 2 is 1.94 bits per heavy atom. The third-order valence-corrected chi connectivity index (χ3v) is 3.55. The van der Waals surface area contributed by atoms with E-state index in [-0.39, 0.29) is 0 Å². The predicted molar refractivity (Wildman–Crippen MR) is 64.3 cm³/mol. The van der Waals surface area contributed by atoms with Gasteiger partial charge in [-0.1, -0.05) is 11.6 Å². The summed E-state index contributed by atoms with van der Waals surface area (Å²) in [7, 11) is -2.69. The van der Waals surface area contributed by atoms with Crippen LogP contribution in [-0.2, 0) is 15.0 Å². The molecule has 0 atom stereocenters. The Morgan fingerprint density at radius 1 is 1.41 bits per heavy atom. The van der Waals surface area contributed by atoms with Crippen molar-refractivity contribution < 1.29 is 18.3 Å². The van der Waals surface area contributed by atoms with Crippen LogP contribution in [0.4, 0.5) is 5.69 Å². The molecule has 0 heterocycles. The lowest BCUT2D eigenvalue weighted by Gasteiger charge is -2.16. The normalized spacial score (nSPS) is 11.5. The Balaban J connectivity index is 2.79. The van der Waals surface area contributed by atoms with E-state index >= 15 is 0 Å². The van der Waals surface area contributed by atoms with Gasteiger partial charge in [-0.25, -0.2) is 0 Å². The molecule has 8 heteroatoms. The third kappa shape index (κ3) is 4.22. The summed E-state index contributed by atoms with van der Waals surface area (Å²) < 4.78 is 26.2. The van der Waals surface area contributed by atoms with Crippen LogP contribution in [0.25, 0.3) is 0 Å². The molecule has 0 radical (unpaired) electrons. The van der Waals surface area contributed by atoms with E-state index in [1.54, 1.807) is 0 Å². The van der Waals surface area contributed by atoms with Gasteiger partial charge in [-0.3, -0.25) is 9.52 Å². The average molecular weight is 279 g/mol. The summed E-state index contributed by atoms with van der Waals surface area (Å²) in [5, 5.41) is 8.98. The van der Waals surface area contributed by atoms with Gasteiger partial charge in [-0.05, 0) is 24.3 Å². The van der Waals surface area contributed by atoms with Crippen molar-refractivity contribution in [1.82, 2.24) is 4.31 Å². The zero-order valence-electron chi connectivity index (χ0n) is 8.92. The van der Waals surface area contributed by atoms with Crippen LogP contribution in [0.2, 0.25) is 5.02 Å². The molecule has 0 saturated carbocycles. The predicted octanol–water partition coefficient (Wildman–Crippen LogP) is 1.01. The van der Waals surface area contributed by atoms with Gasteiger partial charge in [0.1, 0.15) is 6.54 Å². The Hall–Kier alpha value is -1.31. The molecule has 1 aromatic rings. The topological polar surface area (TPSA) is 86.7 Å². The van der Waals surface area contributed by atoms with Crippen LogP contribution in [0, 0.1) is 0 Å². The van der Waals surface area contributed by atoms with E-state index in [4.69, 9.17) is 16.7 Å². The number of carbonyl (C=O) groups is 1. The highest BCUT2D eigenvalue weighted by Gasteiger charge is 2.19. The Morgan fingerprint density at radius 3 is 2.41 bits per heavy atom. The zero-order valence-corrected chi connectivity index (χ0v) is 10.5. The van der Waals surface area contributed by atoms with Crippen molar-refractivity contribution in [3.63, 3.8) is 0 Å². The van der Waals surface area contributed by atoms with Crippen molar-refractivity contribution >= 4 is 33.5 Å². The minimum absolute atomic E-state index is 0.312. The van der Waals surface area contributed by atoms with Crippen molar-refractivity contribution in [3.05, 3.63) is 29.3 Å². The minimum Gasteiger partial charge on any atom is -0.480 e. The molecular formula is C9H11ClN2O4S. The second kappa shape index (κ2) is 5.35. The first-order valence-electron chi connectivity index (χ1n) is 4.53. The van der Waals surface area contributed by atoms with Crippen molar-refractivity contribution in [1.29, 1.82) is 0 Å². The molecule has 0 aromatic heterocycles. The SMILES string of the molecule is CN(CC(=O)O)S(=O)(=O)Nc1ccc(Cl)cc1. The number of rotatable bonds is 5. The first-order valence-corrected chi connectivity index (χ1v) is 6.34. The molecule has 0 amide bonds. The number of carboxylic acid groups (broad SMARTS) is 1. The lowest BCUT2D eigenvalue weighted by Crippen LogP contribution is -2.36. The van der Waals surface area contributed by atoms with Crippen LogP contribution in [0.5, 0.6) is 0 Å². The maximum absolute atomic E-state index is 11.6. The van der Waals surface area contributed by atoms with Crippen LogP contribution >= 0.6 is 11.6 Å². The maximum Gasteiger partial charge on any atom is 0.318 e. The van der Waals surface area contributed by atoms with E-state index < -0.39 is 22.7 Å². The van der Waals surface area contributed by atoms with Crippen LogP contribution in [0.3, 0.4) is 0 Å². The lowest BCUT2D eigenvalue weighted by atomic mass is 10.3. The van der Waals surface area contributed by atoms with Crippen molar-refractivity contribution in [2.45, 2.75) is 0 Å². The molecule has 2 N–H and O–H groups in total. The number of aliphatic carboxylic acids is 1. The summed E-state index contributed by atoms with van der Waals surface area (Å²) in [6, 6.07) is 6.01. The Labute approximate surface area is 104 Å². The van der Waals surface area contributed by atoms with E-state index in [0.29, 0.717) is 15.0 Å². The first kappa shape index (κ1) is 13.8. The highest BCUT2D eigenvalue weighted by molar-refractivity contribution is 7.90. The Bertz CT molecular complexity index is 500. The molecule has 0 aliphatic carbocycles. The van der Waals surface area contributed by atoms with E-state index in [0.717, 1.165) is 0 Å². The molecule has 0 unspecified atom stereocenters. The average Bonchev–Trinajstić information content (AvgIpc) is 2.20. The zero-order chi connectivity index (χ0) is 13.1. The number of nitrogens with one attached hydrogen (secondary N) is 1. The fraction of sp³-hybridized carbons (Fsp3) is 0.222. The van der Waals surface area contributed by atoms with Gasteiger partial charge in [0.2, 0.25) is 0 Å². The molecule has 0 saturated heterocycles. The molecule has 1 aromatic carbocycles. The number of hydrogen-bond donors (Lipinski definition) is 2. The highest BCUT2D eigenvalue weighted by atomic mass is 35.5. The van der Waals surface area contributed by atoms with Gasteiger partial charge in [0.25, 0.3) is 0 Å². The van der Waals surface area contributed by atoms with Crippen molar-refractivity contribution in [2.24, 2.45) is 0 Å². The van der Waals surface area contributed by atoms with Gasteiger partial charge in [0, 0.05) is 17.8 Å². The molecule has 0 spiro atoms. The molecule has 0 fully saturated rings. The second-order valence-electron chi connectivity index (χ2n) is 3.26. The fourth-order valence-electron chi connectivity index (χ4n) is 1.02. The van der Waals surface area contributed by atoms with Crippen LogP contribution in [0.15, 0.2) is 24.3 Å². The summed E-state index contributed by atoms with van der Waals surface area (Å²) in [6.45, 7) is -0.608. The molecular weight excluding hydrogens is 268 g/mol. The summed E-state index contributed by atoms with van der Waals surface area (Å²) in [5.41, 5.74) is 0.312. The van der Waals surface area contributed by atoms with E-state index in [9.17, 15) is 13.2 Å². The summed E-state index contributed by atoms with van der Waals surface area (Å²) in [6.07, 6.45) is 0. The molecule has 17 heavy (non-hydrogen) atoms. The van der Waals surface area contributed by atoms with Gasteiger partial charge < -0.3 is 5.11 Å². The molecule has 0 bridgehead atoms. The second-order valence-corrected chi connectivity index (χ2v) is 5.48. The quantitative estimate of drug-likeness (QED) is 0.842. The first-order chi connectivity index (χ1) is 7.81.